The number of aromatic nitrogens is 1. The van der Waals surface area contributed by atoms with Crippen LogP contribution in [-0.4, -0.2) is 4.98 Å². The van der Waals surface area contributed by atoms with Gasteiger partial charge in [0.25, 0.3) is 0 Å². The largest absolute Gasteiger partial charge is 0.361 e. The van der Waals surface area contributed by atoms with Crippen LogP contribution < -0.4 is 5.73 Å². The Balaban J connectivity index is 2.67. The van der Waals surface area contributed by atoms with E-state index in [1.807, 2.05) is 24.4 Å². The highest BCUT2D eigenvalue weighted by Gasteiger charge is 2.05. The van der Waals surface area contributed by atoms with Crippen LogP contribution >= 0.6 is 0 Å². The summed E-state index contributed by atoms with van der Waals surface area (Å²) in [6, 6.07) is 8.03. The summed E-state index contributed by atoms with van der Waals surface area (Å²) in [5, 5.41) is 1.19. The molecule has 2 nitrogen and oxygen atoms in total. The van der Waals surface area contributed by atoms with E-state index in [4.69, 9.17) is 5.73 Å². The van der Waals surface area contributed by atoms with Crippen LogP contribution in [0.1, 0.15) is 11.6 Å². The Hall–Kier alpha value is -1.54. The van der Waals surface area contributed by atoms with E-state index in [0.717, 1.165) is 11.1 Å². The van der Waals surface area contributed by atoms with Crippen LogP contribution in [0.4, 0.5) is 0 Å². The lowest BCUT2D eigenvalue weighted by Gasteiger charge is -2.07. The number of nitrogens with one attached hydrogen (secondary N) is 1. The molecule has 0 unspecified atom stereocenters. The molecule has 1 atom stereocenters. The molecule has 0 fully saturated rings. The number of rotatable bonds is 2. The lowest BCUT2D eigenvalue weighted by Crippen LogP contribution is -2.06. The van der Waals surface area contributed by atoms with E-state index in [2.05, 4.69) is 17.6 Å². The van der Waals surface area contributed by atoms with E-state index >= 15 is 0 Å². The van der Waals surface area contributed by atoms with Crippen molar-refractivity contribution in [2.24, 2.45) is 5.73 Å². The first-order valence-corrected chi connectivity index (χ1v) is 4.27. The van der Waals surface area contributed by atoms with E-state index in [1.54, 1.807) is 6.08 Å². The third-order valence-corrected chi connectivity index (χ3v) is 2.23. The third kappa shape index (κ3) is 1.25. The predicted molar refractivity (Wildman–Crippen MR) is 55.4 cm³/mol. The summed E-state index contributed by atoms with van der Waals surface area (Å²) >= 11 is 0. The fourth-order valence-corrected chi connectivity index (χ4v) is 1.51. The van der Waals surface area contributed by atoms with Crippen molar-refractivity contribution in [2.45, 2.75) is 6.04 Å². The molecular weight excluding hydrogens is 160 g/mol. The fourth-order valence-electron chi connectivity index (χ4n) is 1.51. The van der Waals surface area contributed by atoms with Gasteiger partial charge in [-0.25, -0.2) is 0 Å². The van der Waals surface area contributed by atoms with Gasteiger partial charge in [-0.15, -0.1) is 6.58 Å². The van der Waals surface area contributed by atoms with Gasteiger partial charge in [0.15, 0.2) is 0 Å². The maximum absolute atomic E-state index is 5.88. The van der Waals surface area contributed by atoms with Gasteiger partial charge < -0.3 is 10.7 Å². The Labute approximate surface area is 77.1 Å². The second-order valence-electron chi connectivity index (χ2n) is 3.05. The van der Waals surface area contributed by atoms with Crippen molar-refractivity contribution in [1.29, 1.82) is 0 Å². The Bertz CT molecular complexity index is 428. The van der Waals surface area contributed by atoms with Gasteiger partial charge >= 0.3 is 0 Å². The van der Waals surface area contributed by atoms with Crippen molar-refractivity contribution in [3.63, 3.8) is 0 Å². The minimum absolute atomic E-state index is 0.0950. The maximum atomic E-state index is 5.88. The lowest BCUT2D eigenvalue weighted by atomic mass is 10.1. The third-order valence-electron chi connectivity index (χ3n) is 2.23. The van der Waals surface area contributed by atoms with E-state index in [1.165, 1.54) is 5.39 Å². The van der Waals surface area contributed by atoms with Crippen LogP contribution in [0.3, 0.4) is 0 Å². The number of fused-ring (bicyclic) bond motifs is 1. The van der Waals surface area contributed by atoms with Gasteiger partial charge in [-0.2, -0.15) is 0 Å². The smallest absolute Gasteiger partial charge is 0.0505 e. The summed E-state index contributed by atoms with van der Waals surface area (Å²) in [5.41, 5.74) is 8.08. The van der Waals surface area contributed by atoms with Crippen LogP contribution in [-0.2, 0) is 0 Å². The molecule has 0 aliphatic carbocycles. The molecule has 0 amide bonds. The highest BCUT2D eigenvalue weighted by molar-refractivity contribution is 5.83. The lowest BCUT2D eigenvalue weighted by molar-refractivity contribution is 0.922. The molecule has 0 radical (unpaired) electrons. The standard InChI is InChI=1S/C11H12N2/c1-2-10(12)9-5-3-4-8-6-7-13-11(8)9/h2-7,10,13H,1,12H2/t10-/m0/s1. The zero-order valence-corrected chi connectivity index (χ0v) is 7.33. The van der Waals surface area contributed by atoms with Crippen molar-refractivity contribution in [3.8, 4) is 0 Å². The van der Waals surface area contributed by atoms with E-state index in [-0.39, 0.29) is 6.04 Å². The molecule has 0 bridgehead atoms. The van der Waals surface area contributed by atoms with Gasteiger partial charge in [-0.3, -0.25) is 0 Å². The normalized spacial score (nSPS) is 13.0. The van der Waals surface area contributed by atoms with Crippen LogP contribution in [0.15, 0.2) is 43.1 Å². The van der Waals surface area contributed by atoms with Crippen LogP contribution in [0.5, 0.6) is 0 Å². The summed E-state index contributed by atoms with van der Waals surface area (Å²) < 4.78 is 0. The molecule has 1 aromatic carbocycles. The maximum Gasteiger partial charge on any atom is 0.0505 e. The van der Waals surface area contributed by atoms with Gasteiger partial charge in [0.05, 0.1) is 5.52 Å². The number of benzene rings is 1. The summed E-state index contributed by atoms with van der Waals surface area (Å²) in [5.74, 6) is 0. The fraction of sp³-hybridized carbons (Fsp3) is 0.0909. The van der Waals surface area contributed by atoms with Gasteiger partial charge in [0.1, 0.15) is 0 Å². The molecular formula is C11H12N2. The number of hydrogen-bond donors (Lipinski definition) is 2. The Morgan fingerprint density at radius 1 is 1.38 bits per heavy atom. The quantitative estimate of drug-likeness (QED) is 0.671. The zero-order chi connectivity index (χ0) is 9.26. The van der Waals surface area contributed by atoms with E-state index in [9.17, 15) is 0 Å². The minimum Gasteiger partial charge on any atom is -0.361 e. The van der Waals surface area contributed by atoms with Crippen LogP contribution in [0.2, 0.25) is 0 Å². The molecule has 0 spiro atoms. The second-order valence-corrected chi connectivity index (χ2v) is 3.05. The predicted octanol–water partition coefficient (Wildman–Crippen LogP) is 2.35. The second kappa shape index (κ2) is 3.07. The molecule has 2 aromatic rings. The molecule has 0 aliphatic heterocycles. The van der Waals surface area contributed by atoms with Gasteiger partial charge in [0, 0.05) is 12.2 Å². The SMILES string of the molecule is C=C[C@H](N)c1cccc2cc[nH]c12. The van der Waals surface area contributed by atoms with Gasteiger partial charge in [-0.1, -0.05) is 24.3 Å². The van der Waals surface area contributed by atoms with Crippen molar-refractivity contribution < 1.29 is 0 Å². The van der Waals surface area contributed by atoms with Gasteiger partial charge in [-0.05, 0) is 17.0 Å². The first-order chi connectivity index (χ1) is 6.33. The molecule has 1 heterocycles. The molecule has 0 saturated heterocycles. The van der Waals surface area contributed by atoms with Crippen LogP contribution in [0.25, 0.3) is 10.9 Å². The highest BCUT2D eigenvalue weighted by atomic mass is 14.7. The Kier molecular flexibility index (Phi) is 1.91. The first-order valence-electron chi connectivity index (χ1n) is 4.27. The monoisotopic (exact) mass is 172 g/mol. The molecule has 0 aliphatic rings. The average Bonchev–Trinajstić information content (AvgIpc) is 2.63. The highest BCUT2D eigenvalue weighted by Crippen LogP contribution is 2.21. The average molecular weight is 172 g/mol. The Morgan fingerprint density at radius 3 is 3.00 bits per heavy atom. The molecule has 1 aromatic heterocycles. The zero-order valence-electron chi connectivity index (χ0n) is 7.33. The van der Waals surface area contributed by atoms with E-state index in [0.29, 0.717) is 0 Å². The molecule has 0 saturated carbocycles. The number of hydrogen-bond acceptors (Lipinski definition) is 1. The number of para-hydroxylation sites is 1. The first kappa shape index (κ1) is 8.08. The van der Waals surface area contributed by atoms with Crippen molar-refractivity contribution >= 4 is 10.9 Å². The topological polar surface area (TPSA) is 41.8 Å². The van der Waals surface area contributed by atoms with Gasteiger partial charge in [0.2, 0.25) is 0 Å². The molecule has 13 heavy (non-hydrogen) atoms. The van der Waals surface area contributed by atoms with E-state index < -0.39 is 0 Å². The molecule has 3 N–H and O–H groups in total. The number of H-pyrrole nitrogens is 1. The Morgan fingerprint density at radius 2 is 2.23 bits per heavy atom. The van der Waals surface area contributed by atoms with Crippen molar-refractivity contribution in [1.82, 2.24) is 4.98 Å². The van der Waals surface area contributed by atoms with Crippen molar-refractivity contribution in [3.05, 3.63) is 48.7 Å². The molecule has 2 rings (SSSR count). The minimum atomic E-state index is -0.0950. The van der Waals surface area contributed by atoms with Crippen LogP contribution in [0, 0.1) is 0 Å². The van der Waals surface area contributed by atoms with Crippen molar-refractivity contribution in [2.75, 3.05) is 0 Å². The number of nitrogens with two attached hydrogens (primary N) is 1. The number of aromatic amines is 1. The summed E-state index contributed by atoms with van der Waals surface area (Å²) in [6.07, 6.45) is 3.67. The molecule has 2 heteroatoms. The summed E-state index contributed by atoms with van der Waals surface area (Å²) in [6.45, 7) is 3.69. The summed E-state index contributed by atoms with van der Waals surface area (Å²) in [4.78, 5) is 3.18. The summed E-state index contributed by atoms with van der Waals surface area (Å²) in [7, 11) is 0. The molecule has 66 valence electrons.